The minimum atomic E-state index is -0.800. The summed E-state index contributed by atoms with van der Waals surface area (Å²) in [7, 11) is 1.60. The van der Waals surface area contributed by atoms with Crippen LogP contribution in [0, 0.1) is 0 Å². The molecule has 0 bridgehead atoms. The van der Waals surface area contributed by atoms with Crippen LogP contribution in [0.1, 0.15) is 6.92 Å². The average molecular weight is 212 g/mol. The van der Waals surface area contributed by atoms with Gasteiger partial charge >= 0.3 is 5.97 Å². The van der Waals surface area contributed by atoms with E-state index >= 15 is 0 Å². The van der Waals surface area contributed by atoms with Gasteiger partial charge in [-0.3, -0.25) is 4.79 Å². The van der Waals surface area contributed by atoms with E-state index in [1.54, 1.807) is 14.0 Å². The average Bonchev–Trinajstić information content (AvgIpc) is 2.19. The molecule has 3 nitrogen and oxygen atoms in total. The second-order valence-corrected chi connectivity index (χ2v) is 4.19. The molecule has 76 valence electrons. The number of ether oxygens (including phenoxy) is 1. The third kappa shape index (κ3) is 2.96. The van der Waals surface area contributed by atoms with Crippen LogP contribution in [0.15, 0.2) is 29.2 Å². The van der Waals surface area contributed by atoms with Crippen molar-refractivity contribution in [1.82, 2.24) is 0 Å². The number of benzene rings is 1. The van der Waals surface area contributed by atoms with E-state index in [4.69, 9.17) is 9.84 Å². The summed E-state index contributed by atoms with van der Waals surface area (Å²) in [5.74, 6) is -0.0249. The zero-order chi connectivity index (χ0) is 10.6. The summed E-state index contributed by atoms with van der Waals surface area (Å²) in [4.78, 5) is 11.5. The number of carboxylic acid groups (broad SMARTS) is 1. The van der Waals surface area contributed by atoms with Gasteiger partial charge in [-0.1, -0.05) is 0 Å². The Kier molecular flexibility index (Phi) is 3.83. The van der Waals surface area contributed by atoms with Gasteiger partial charge in [0.05, 0.1) is 7.11 Å². The van der Waals surface area contributed by atoms with Crippen LogP contribution >= 0.6 is 11.8 Å². The highest BCUT2D eigenvalue weighted by molar-refractivity contribution is 8.00. The Morgan fingerprint density at radius 2 is 2.00 bits per heavy atom. The van der Waals surface area contributed by atoms with Gasteiger partial charge in [-0.2, -0.15) is 0 Å². The van der Waals surface area contributed by atoms with Gasteiger partial charge in [-0.25, -0.2) is 0 Å². The highest BCUT2D eigenvalue weighted by Gasteiger charge is 2.11. The molecule has 0 amide bonds. The molecule has 1 aromatic rings. The lowest BCUT2D eigenvalue weighted by Gasteiger charge is -2.06. The first-order valence-electron chi connectivity index (χ1n) is 4.17. The molecule has 0 saturated heterocycles. The predicted molar refractivity (Wildman–Crippen MR) is 55.9 cm³/mol. The summed E-state index contributed by atoms with van der Waals surface area (Å²) >= 11 is 1.32. The first-order chi connectivity index (χ1) is 6.63. The second-order valence-electron chi connectivity index (χ2n) is 2.77. The minimum absolute atomic E-state index is 0.427. The topological polar surface area (TPSA) is 46.5 Å². The number of aliphatic carboxylic acids is 1. The van der Waals surface area contributed by atoms with Crippen molar-refractivity contribution in [2.24, 2.45) is 0 Å². The molecule has 0 aliphatic carbocycles. The standard InChI is InChI=1S/C10H12O3S/c1-7(10(11)12)14-9-5-3-8(13-2)4-6-9/h3-7H,1-2H3,(H,11,12). The number of rotatable bonds is 4. The smallest absolute Gasteiger partial charge is 0.316 e. The molecule has 0 spiro atoms. The van der Waals surface area contributed by atoms with E-state index in [2.05, 4.69) is 0 Å². The zero-order valence-electron chi connectivity index (χ0n) is 8.06. The molecule has 0 aliphatic heterocycles. The third-order valence-electron chi connectivity index (χ3n) is 1.72. The number of carbonyl (C=O) groups is 1. The molecular weight excluding hydrogens is 200 g/mol. The molecule has 4 heteroatoms. The first kappa shape index (κ1) is 10.9. The van der Waals surface area contributed by atoms with E-state index in [1.807, 2.05) is 24.3 Å². The van der Waals surface area contributed by atoms with E-state index in [1.165, 1.54) is 11.8 Å². The Labute approximate surface area is 87.1 Å². The Bertz CT molecular complexity index is 308. The summed E-state index contributed by atoms with van der Waals surface area (Å²) in [5.41, 5.74) is 0. The molecule has 0 saturated carbocycles. The maximum absolute atomic E-state index is 10.6. The van der Waals surface area contributed by atoms with Crippen molar-refractivity contribution in [1.29, 1.82) is 0 Å². The van der Waals surface area contributed by atoms with Gasteiger partial charge in [0.15, 0.2) is 0 Å². The molecule has 0 heterocycles. The third-order valence-corrected chi connectivity index (χ3v) is 2.82. The van der Waals surface area contributed by atoms with Crippen LogP contribution in [0.5, 0.6) is 5.75 Å². The van der Waals surface area contributed by atoms with Gasteiger partial charge in [0, 0.05) is 4.90 Å². The molecular formula is C10H12O3S. The molecule has 1 unspecified atom stereocenters. The van der Waals surface area contributed by atoms with Crippen molar-refractivity contribution >= 4 is 17.7 Å². The van der Waals surface area contributed by atoms with Gasteiger partial charge in [0.1, 0.15) is 11.0 Å². The zero-order valence-corrected chi connectivity index (χ0v) is 8.88. The lowest BCUT2D eigenvalue weighted by atomic mass is 10.3. The van der Waals surface area contributed by atoms with Crippen molar-refractivity contribution in [3.8, 4) is 5.75 Å². The fourth-order valence-corrected chi connectivity index (χ4v) is 1.71. The number of carboxylic acids is 1. The van der Waals surface area contributed by atoms with Crippen LogP contribution in [0.2, 0.25) is 0 Å². The summed E-state index contributed by atoms with van der Waals surface area (Å²) in [5, 5.41) is 8.27. The molecule has 0 fully saturated rings. The van der Waals surface area contributed by atoms with Crippen LogP contribution in [0.4, 0.5) is 0 Å². The molecule has 14 heavy (non-hydrogen) atoms. The van der Waals surface area contributed by atoms with Crippen LogP contribution in [0.3, 0.4) is 0 Å². The van der Waals surface area contributed by atoms with E-state index in [9.17, 15) is 4.79 Å². The first-order valence-corrected chi connectivity index (χ1v) is 5.05. The Hall–Kier alpha value is -1.16. The van der Waals surface area contributed by atoms with Crippen molar-refractivity contribution in [3.63, 3.8) is 0 Å². The van der Waals surface area contributed by atoms with E-state index in [0.29, 0.717) is 0 Å². The van der Waals surface area contributed by atoms with Gasteiger partial charge in [-0.05, 0) is 31.2 Å². The Morgan fingerprint density at radius 1 is 1.43 bits per heavy atom. The van der Waals surface area contributed by atoms with Gasteiger partial charge < -0.3 is 9.84 Å². The van der Waals surface area contributed by atoms with Gasteiger partial charge in [-0.15, -0.1) is 11.8 Å². The minimum Gasteiger partial charge on any atom is -0.497 e. The van der Waals surface area contributed by atoms with Gasteiger partial charge in [0.25, 0.3) is 0 Å². The monoisotopic (exact) mass is 212 g/mol. The van der Waals surface area contributed by atoms with Crippen LogP contribution < -0.4 is 4.74 Å². The number of methoxy groups -OCH3 is 1. The quantitative estimate of drug-likeness (QED) is 0.778. The molecule has 0 aliphatic rings. The number of thioether (sulfide) groups is 1. The van der Waals surface area contributed by atoms with Crippen molar-refractivity contribution in [2.45, 2.75) is 17.1 Å². The lowest BCUT2D eigenvalue weighted by molar-refractivity contribution is -0.136. The predicted octanol–water partition coefficient (Wildman–Crippen LogP) is 2.26. The maximum Gasteiger partial charge on any atom is 0.316 e. The normalized spacial score (nSPS) is 12.1. The SMILES string of the molecule is COc1ccc(SC(C)C(=O)O)cc1. The van der Waals surface area contributed by atoms with Crippen molar-refractivity contribution in [3.05, 3.63) is 24.3 Å². The van der Waals surface area contributed by atoms with Crippen LogP contribution in [0.25, 0.3) is 0 Å². The molecule has 0 radical (unpaired) electrons. The van der Waals surface area contributed by atoms with E-state index < -0.39 is 11.2 Å². The van der Waals surface area contributed by atoms with Crippen LogP contribution in [-0.4, -0.2) is 23.4 Å². The Morgan fingerprint density at radius 3 is 2.43 bits per heavy atom. The molecule has 1 rings (SSSR count). The van der Waals surface area contributed by atoms with Gasteiger partial charge in [0.2, 0.25) is 0 Å². The Balaban J connectivity index is 2.64. The number of hydrogen-bond acceptors (Lipinski definition) is 3. The second kappa shape index (κ2) is 4.91. The molecule has 0 aromatic heterocycles. The fourth-order valence-electron chi connectivity index (χ4n) is 0.909. The number of hydrogen-bond donors (Lipinski definition) is 1. The molecule has 1 aromatic carbocycles. The highest BCUT2D eigenvalue weighted by atomic mass is 32.2. The largest absolute Gasteiger partial charge is 0.497 e. The lowest BCUT2D eigenvalue weighted by Crippen LogP contribution is -2.10. The summed E-state index contributed by atoms with van der Waals surface area (Å²) in [6, 6.07) is 7.33. The summed E-state index contributed by atoms with van der Waals surface area (Å²) in [6.45, 7) is 1.66. The van der Waals surface area contributed by atoms with Crippen molar-refractivity contribution < 1.29 is 14.6 Å². The van der Waals surface area contributed by atoms with E-state index in [-0.39, 0.29) is 0 Å². The fraction of sp³-hybridized carbons (Fsp3) is 0.300. The van der Waals surface area contributed by atoms with Crippen LogP contribution in [-0.2, 0) is 4.79 Å². The molecule has 1 atom stereocenters. The summed E-state index contributed by atoms with van der Waals surface area (Å²) < 4.78 is 5.00. The summed E-state index contributed by atoms with van der Waals surface area (Å²) in [6.07, 6.45) is 0. The van der Waals surface area contributed by atoms with Crippen molar-refractivity contribution in [2.75, 3.05) is 7.11 Å². The highest BCUT2D eigenvalue weighted by Crippen LogP contribution is 2.25. The molecule has 1 N–H and O–H groups in total. The van der Waals surface area contributed by atoms with E-state index in [0.717, 1.165) is 10.6 Å². The maximum atomic E-state index is 10.6.